The van der Waals surface area contributed by atoms with E-state index in [1.165, 1.54) is 12.1 Å². The summed E-state index contributed by atoms with van der Waals surface area (Å²) < 4.78 is 18.5. The summed E-state index contributed by atoms with van der Waals surface area (Å²) in [7, 11) is 0. The zero-order valence-corrected chi connectivity index (χ0v) is 16.1. The number of anilines is 1. The SMILES string of the molecule is Cc1nc(-c2cccc(NC(=O)CNC(=O)NCc3ccc(F)cc3)c2)oc1C. The summed E-state index contributed by atoms with van der Waals surface area (Å²) in [6.45, 7) is 3.73. The number of urea groups is 1. The quantitative estimate of drug-likeness (QED) is 0.594. The van der Waals surface area contributed by atoms with Crippen LogP contribution in [0.3, 0.4) is 0 Å². The van der Waals surface area contributed by atoms with Crippen molar-refractivity contribution in [2.75, 3.05) is 11.9 Å². The van der Waals surface area contributed by atoms with Gasteiger partial charge in [0.25, 0.3) is 0 Å². The summed E-state index contributed by atoms with van der Waals surface area (Å²) in [6, 6.07) is 12.4. The minimum absolute atomic E-state index is 0.198. The highest BCUT2D eigenvalue weighted by molar-refractivity contribution is 5.94. The zero-order valence-electron chi connectivity index (χ0n) is 16.1. The lowest BCUT2D eigenvalue weighted by molar-refractivity contribution is -0.115. The van der Waals surface area contributed by atoms with Crippen molar-refractivity contribution in [3.05, 3.63) is 71.4 Å². The first-order valence-electron chi connectivity index (χ1n) is 9.01. The summed E-state index contributed by atoms with van der Waals surface area (Å²) in [4.78, 5) is 28.3. The number of oxazole rings is 1. The van der Waals surface area contributed by atoms with Gasteiger partial charge in [-0.25, -0.2) is 14.2 Å². The summed E-state index contributed by atoms with van der Waals surface area (Å²) in [5.41, 5.74) is 2.86. The first-order valence-corrected chi connectivity index (χ1v) is 9.01. The molecule has 0 radical (unpaired) electrons. The van der Waals surface area contributed by atoms with Gasteiger partial charge in [-0.3, -0.25) is 4.79 Å². The number of hydrogen-bond acceptors (Lipinski definition) is 4. The van der Waals surface area contributed by atoms with Crippen molar-refractivity contribution in [1.82, 2.24) is 15.6 Å². The number of hydrogen-bond donors (Lipinski definition) is 3. The first kappa shape index (κ1) is 20.1. The van der Waals surface area contributed by atoms with Crippen LogP contribution in [0, 0.1) is 19.7 Å². The molecule has 0 atom stereocenters. The fourth-order valence-electron chi connectivity index (χ4n) is 2.54. The van der Waals surface area contributed by atoms with Gasteiger partial charge < -0.3 is 20.4 Å². The molecule has 3 amide bonds. The molecule has 1 heterocycles. The maximum absolute atomic E-state index is 12.9. The molecule has 0 spiro atoms. The number of aromatic nitrogens is 1. The van der Waals surface area contributed by atoms with Crippen LogP contribution in [0.1, 0.15) is 17.0 Å². The molecule has 0 aliphatic rings. The molecule has 150 valence electrons. The number of amides is 3. The number of carbonyl (C=O) groups is 2. The molecule has 0 saturated heterocycles. The molecule has 0 unspecified atom stereocenters. The number of rotatable bonds is 6. The Bertz CT molecular complexity index is 996. The number of benzene rings is 2. The molecule has 0 saturated carbocycles. The van der Waals surface area contributed by atoms with Crippen LogP contribution in [-0.2, 0) is 11.3 Å². The smallest absolute Gasteiger partial charge is 0.315 e. The van der Waals surface area contributed by atoms with Crippen molar-refractivity contribution in [1.29, 1.82) is 0 Å². The van der Waals surface area contributed by atoms with Gasteiger partial charge in [-0.1, -0.05) is 18.2 Å². The molecular weight excluding hydrogens is 375 g/mol. The van der Waals surface area contributed by atoms with Crippen LogP contribution >= 0.6 is 0 Å². The lowest BCUT2D eigenvalue weighted by atomic mass is 10.2. The van der Waals surface area contributed by atoms with Crippen LogP contribution in [0.5, 0.6) is 0 Å². The van der Waals surface area contributed by atoms with E-state index in [1.54, 1.807) is 30.3 Å². The lowest BCUT2D eigenvalue weighted by Crippen LogP contribution is -2.39. The Hall–Kier alpha value is -3.68. The Labute approximate surface area is 167 Å². The molecule has 3 rings (SSSR count). The predicted octanol–water partition coefficient (Wildman–Crippen LogP) is 3.54. The fraction of sp³-hybridized carbons (Fsp3) is 0.190. The Morgan fingerprint density at radius 3 is 2.52 bits per heavy atom. The van der Waals surface area contributed by atoms with Crippen molar-refractivity contribution in [3.8, 4) is 11.5 Å². The largest absolute Gasteiger partial charge is 0.441 e. The minimum atomic E-state index is -0.496. The van der Waals surface area contributed by atoms with E-state index in [2.05, 4.69) is 20.9 Å². The summed E-state index contributed by atoms with van der Waals surface area (Å²) in [6.07, 6.45) is 0. The second kappa shape index (κ2) is 9.01. The van der Waals surface area contributed by atoms with Gasteiger partial charge in [0, 0.05) is 17.8 Å². The molecule has 0 fully saturated rings. The van der Waals surface area contributed by atoms with Gasteiger partial charge in [0.1, 0.15) is 11.6 Å². The average Bonchev–Trinajstić information content (AvgIpc) is 3.05. The van der Waals surface area contributed by atoms with Crippen LogP contribution < -0.4 is 16.0 Å². The second-order valence-electron chi connectivity index (χ2n) is 6.45. The van der Waals surface area contributed by atoms with Crippen LogP contribution in [0.4, 0.5) is 14.9 Å². The van der Waals surface area contributed by atoms with Crippen LogP contribution in [0.2, 0.25) is 0 Å². The van der Waals surface area contributed by atoms with Gasteiger partial charge in [0.15, 0.2) is 0 Å². The Kier molecular flexibility index (Phi) is 6.23. The van der Waals surface area contributed by atoms with Gasteiger partial charge in [-0.2, -0.15) is 0 Å². The Morgan fingerprint density at radius 2 is 1.83 bits per heavy atom. The number of carbonyl (C=O) groups excluding carboxylic acids is 2. The maximum atomic E-state index is 12.9. The second-order valence-corrected chi connectivity index (χ2v) is 6.45. The van der Waals surface area contributed by atoms with Crippen LogP contribution in [-0.4, -0.2) is 23.5 Å². The lowest BCUT2D eigenvalue weighted by Gasteiger charge is -2.09. The summed E-state index contributed by atoms with van der Waals surface area (Å²) in [5.74, 6) is 0.505. The molecular formula is C21H21FN4O3. The average molecular weight is 396 g/mol. The summed E-state index contributed by atoms with van der Waals surface area (Å²) >= 11 is 0. The maximum Gasteiger partial charge on any atom is 0.315 e. The minimum Gasteiger partial charge on any atom is -0.441 e. The third-order valence-electron chi connectivity index (χ3n) is 4.20. The van der Waals surface area contributed by atoms with Crippen molar-refractivity contribution in [2.45, 2.75) is 20.4 Å². The molecule has 8 heteroatoms. The van der Waals surface area contributed by atoms with E-state index < -0.39 is 6.03 Å². The van der Waals surface area contributed by atoms with E-state index in [4.69, 9.17) is 4.42 Å². The number of nitrogens with zero attached hydrogens (tertiary/aromatic N) is 1. The molecule has 3 aromatic rings. The molecule has 0 bridgehead atoms. The monoisotopic (exact) mass is 396 g/mol. The molecule has 2 aromatic carbocycles. The zero-order chi connectivity index (χ0) is 20.8. The Balaban J connectivity index is 1.48. The number of halogens is 1. The Morgan fingerprint density at radius 1 is 1.07 bits per heavy atom. The van der Waals surface area contributed by atoms with Gasteiger partial charge in [0.05, 0.1) is 12.2 Å². The third-order valence-corrected chi connectivity index (χ3v) is 4.20. The normalized spacial score (nSPS) is 10.4. The molecule has 0 aliphatic carbocycles. The number of aryl methyl sites for hydroxylation is 2. The van der Waals surface area contributed by atoms with Crippen molar-refractivity contribution in [2.24, 2.45) is 0 Å². The highest BCUT2D eigenvalue weighted by atomic mass is 19.1. The van der Waals surface area contributed by atoms with Gasteiger partial charge in [0.2, 0.25) is 11.8 Å². The van der Waals surface area contributed by atoms with E-state index in [-0.39, 0.29) is 24.8 Å². The van der Waals surface area contributed by atoms with Crippen LogP contribution in [0.25, 0.3) is 11.5 Å². The van der Waals surface area contributed by atoms with E-state index >= 15 is 0 Å². The summed E-state index contributed by atoms with van der Waals surface area (Å²) in [5, 5.41) is 7.79. The van der Waals surface area contributed by atoms with E-state index in [0.29, 0.717) is 11.6 Å². The van der Waals surface area contributed by atoms with Crippen molar-refractivity contribution in [3.63, 3.8) is 0 Å². The van der Waals surface area contributed by atoms with E-state index in [1.807, 2.05) is 19.9 Å². The highest BCUT2D eigenvalue weighted by Crippen LogP contribution is 2.23. The van der Waals surface area contributed by atoms with Crippen LogP contribution in [0.15, 0.2) is 52.9 Å². The first-order chi connectivity index (χ1) is 13.9. The van der Waals surface area contributed by atoms with Crippen molar-refractivity contribution < 1.29 is 18.4 Å². The molecule has 1 aromatic heterocycles. The van der Waals surface area contributed by atoms with Crippen molar-refractivity contribution >= 4 is 17.6 Å². The number of nitrogens with one attached hydrogen (secondary N) is 3. The molecule has 7 nitrogen and oxygen atoms in total. The molecule has 3 N–H and O–H groups in total. The van der Waals surface area contributed by atoms with Gasteiger partial charge in [-0.15, -0.1) is 0 Å². The standard InChI is InChI=1S/C21H21FN4O3/c1-13-14(2)29-20(25-13)16-4-3-5-18(10-16)26-19(27)12-24-21(28)23-11-15-6-8-17(22)9-7-15/h3-10H,11-12H2,1-2H3,(H,26,27)(H2,23,24,28). The van der Waals surface area contributed by atoms with Gasteiger partial charge >= 0.3 is 6.03 Å². The topological polar surface area (TPSA) is 96.3 Å². The predicted molar refractivity (Wildman–Crippen MR) is 107 cm³/mol. The molecule has 0 aliphatic heterocycles. The fourth-order valence-corrected chi connectivity index (χ4v) is 2.54. The van der Waals surface area contributed by atoms with Gasteiger partial charge in [-0.05, 0) is 49.7 Å². The van der Waals surface area contributed by atoms with E-state index in [9.17, 15) is 14.0 Å². The molecule has 29 heavy (non-hydrogen) atoms. The highest BCUT2D eigenvalue weighted by Gasteiger charge is 2.10. The van der Waals surface area contributed by atoms with E-state index in [0.717, 1.165) is 22.6 Å². The third kappa shape index (κ3) is 5.65.